The molecule has 0 spiro atoms. The second kappa shape index (κ2) is 5.35. The molecule has 1 aliphatic rings. The van der Waals surface area contributed by atoms with Gasteiger partial charge in [-0.2, -0.15) is 0 Å². The summed E-state index contributed by atoms with van der Waals surface area (Å²) in [5.74, 6) is 0.281. The third kappa shape index (κ3) is 2.98. The van der Waals surface area contributed by atoms with E-state index in [1.54, 1.807) is 0 Å². The summed E-state index contributed by atoms with van der Waals surface area (Å²) < 4.78 is 0. The number of rotatable bonds is 6. The molecule has 1 amide bonds. The first-order valence-corrected chi connectivity index (χ1v) is 5.74. The molecule has 0 N–H and O–H groups in total. The van der Waals surface area contributed by atoms with Crippen LogP contribution in [0.4, 0.5) is 0 Å². The zero-order chi connectivity index (χ0) is 10.6. The van der Waals surface area contributed by atoms with Crippen LogP contribution in [0, 0.1) is 0 Å². The van der Waals surface area contributed by atoms with Crippen LogP contribution in [0.1, 0.15) is 33.6 Å². The second-order valence-electron chi connectivity index (χ2n) is 3.86. The molecular weight excluding hydrogens is 176 g/mol. The third-order valence-electron chi connectivity index (χ3n) is 2.92. The summed E-state index contributed by atoms with van der Waals surface area (Å²) in [6, 6.07) is 0.694. The highest BCUT2D eigenvalue weighted by molar-refractivity contribution is 5.78. The summed E-state index contributed by atoms with van der Waals surface area (Å²) >= 11 is 0. The fourth-order valence-corrected chi connectivity index (χ4v) is 1.79. The lowest BCUT2D eigenvalue weighted by atomic mass is 10.4. The van der Waals surface area contributed by atoms with Crippen molar-refractivity contribution in [3.8, 4) is 0 Å². The van der Waals surface area contributed by atoms with Crippen molar-refractivity contribution in [2.45, 2.75) is 39.7 Å². The number of hydrogen-bond donors (Lipinski definition) is 0. The Morgan fingerprint density at radius 2 is 1.71 bits per heavy atom. The first-order chi connectivity index (χ1) is 6.72. The largest absolute Gasteiger partial charge is 0.342 e. The lowest BCUT2D eigenvalue weighted by Gasteiger charge is -2.24. The van der Waals surface area contributed by atoms with Gasteiger partial charge in [0.05, 0.1) is 6.54 Å². The van der Waals surface area contributed by atoms with Gasteiger partial charge in [0.1, 0.15) is 0 Å². The zero-order valence-electron chi connectivity index (χ0n) is 9.62. The maximum atomic E-state index is 11.8. The summed E-state index contributed by atoms with van der Waals surface area (Å²) in [7, 11) is 0. The van der Waals surface area contributed by atoms with Crippen LogP contribution in [-0.4, -0.2) is 47.9 Å². The van der Waals surface area contributed by atoms with Gasteiger partial charge in [-0.05, 0) is 33.2 Å². The molecule has 0 radical (unpaired) electrons. The van der Waals surface area contributed by atoms with Gasteiger partial charge in [-0.25, -0.2) is 0 Å². The van der Waals surface area contributed by atoms with Crippen molar-refractivity contribution >= 4 is 5.91 Å². The molecule has 3 heteroatoms. The van der Waals surface area contributed by atoms with Gasteiger partial charge < -0.3 is 4.90 Å². The molecule has 1 aliphatic carbocycles. The highest BCUT2D eigenvalue weighted by Crippen LogP contribution is 2.26. The molecule has 0 aliphatic heterocycles. The van der Waals surface area contributed by atoms with Crippen LogP contribution in [0.5, 0.6) is 0 Å². The Kier molecular flexibility index (Phi) is 4.39. The van der Waals surface area contributed by atoms with Crippen LogP contribution >= 0.6 is 0 Å². The number of nitrogens with zero attached hydrogens (tertiary/aromatic N) is 2. The maximum absolute atomic E-state index is 11.8. The van der Waals surface area contributed by atoms with E-state index >= 15 is 0 Å². The minimum absolute atomic E-state index is 0.281. The zero-order valence-corrected chi connectivity index (χ0v) is 9.62. The van der Waals surface area contributed by atoms with Gasteiger partial charge in [0.15, 0.2) is 0 Å². The van der Waals surface area contributed by atoms with E-state index in [2.05, 4.69) is 11.8 Å². The van der Waals surface area contributed by atoms with E-state index < -0.39 is 0 Å². The first kappa shape index (κ1) is 11.5. The summed E-state index contributed by atoms with van der Waals surface area (Å²) in [5, 5.41) is 0. The van der Waals surface area contributed by atoms with Crippen LogP contribution in [0.15, 0.2) is 0 Å². The smallest absolute Gasteiger partial charge is 0.236 e. The summed E-state index contributed by atoms with van der Waals surface area (Å²) in [6.07, 6.45) is 2.55. The molecule has 1 fully saturated rings. The van der Waals surface area contributed by atoms with Crippen LogP contribution in [0.25, 0.3) is 0 Å². The number of carbonyl (C=O) groups excluding carboxylic acids is 1. The average molecular weight is 198 g/mol. The molecule has 0 unspecified atom stereocenters. The van der Waals surface area contributed by atoms with Crippen LogP contribution in [0.2, 0.25) is 0 Å². The molecule has 82 valence electrons. The molecule has 0 aromatic carbocycles. The highest BCUT2D eigenvalue weighted by Gasteiger charge is 2.29. The highest BCUT2D eigenvalue weighted by atomic mass is 16.2. The Morgan fingerprint density at radius 1 is 1.14 bits per heavy atom. The molecule has 0 bridgehead atoms. The first-order valence-electron chi connectivity index (χ1n) is 5.74. The normalized spacial score (nSPS) is 16.0. The molecule has 3 nitrogen and oxygen atoms in total. The Balaban J connectivity index is 2.36. The standard InChI is InChI=1S/C11H22N2O/c1-4-12(5-2)11(14)9-13(6-3)10-7-8-10/h10H,4-9H2,1-3H3. The number of amides is 1. The number of hydrogen-bond acceptors (Lipinski definition) is 2. The summed E-state index contributed by atoms with van der Waals surface area (Å²) in [6.45, 7) is 9.48. The van der Waals surface area contributed by atoms with Gasteiger partial charge in [0, 0.05) is 19.1 Å². The maximum Gasteiger partial charge on any atom is 0.236 e. The lowest BCUT2D eigenvalue weighted by Crippen LogP contribution is -2.41. The molecule has 1 rings (SSSR count). The van der Waals surface area contributed by atoms with Crippen molar-refractivity contribution < 1.29 is 4.79 Å². The minimum Gasteiger partial charge on any atom is -0.342 e. The van der Waals surface area contributed by atoms with E-state index in [0.29, 0.717) is 12.6 Å². The third-order valence-corrected chi connectivity index (χ3v) is 2.92. The lowest BCUT2D eigenvalue weighted by molar-refractivity contribution is -0.132. The number of carbonyl (C=O) groups is 1. The minimum atomic E-state index is 0.281. The van der Waals surface area contributed by atoms with Crippen LogP contribution in [-0.2, 0) is 4.79 Å². The van der Waals surface area contributed by atoms with Crippen molar-refractivity contribution in [3.63, 3.8) is 0 Å². The van der Waals surface area contributed by atoms with Crippen LogP contribution in [0.3, 0.4) is 0 Å². The summed E-state index contributed by atoms with van der Waals surface area (Å²) in [4.78, 5) is 16.0. The van der Waals surface area contributed by atoms with Crippen LogP contribution < -0.4 is 0 Å². The molecule has 1 saturated carbocycles. The molecule has 0 aromatic rings. The van der Waals surface area contributed by atoms with Gasteiger partial charge in [0.25, 0.3) is 0 Å². The van der Waals surface area contributed by atoms with E-state index in [-0.39, 0.29) is 5.91 Å². The van der Waals surface area contributed by atoms with Crippen molar-refractivity contribution in [2.75, 3.05) is 26.2 Å². The molecule has 0 heterocycles. The van der Waals surface area contributed by atoms with E-state index in [1.165, 1.54) is 12.8 Å². The average Bonchev–Trinajstić information content (AvgIpc) is 2.99. The van der Waals surface area contributed by atoms with E-state index in [9.17, 15) is 4.79 Å². The Morgan fingerprint density at radius 3 is 2.07 bits per heavy atom. The predicted molar refractivity (Wildman–Crippen MR) is 58.2 cm³/mol. The topological polar surface area (TPSA) is 23.6 Å². The van der Waals surface area contributed by atoms with Crippen molar-refractivity contribution in [3.05, 3.63) is 0 Å². The molecule has 0 aromatic heterocycles. The molecular formula is C11H22N2O. The van der Waals surface area contributed by atoms with Gasteiger partial charge >= 0.3 is 0 Å². The SMILES string of the molecule is CCN(CC)C(=O)CN(CC)C1CC1. The summed E-state index contributed by atoms with van der Waals surface area (Å²) in [5.41, 5.74) is 0. The van der Waals surface area contributed by atoms with Gasteiger partial charge in [0.2, 0.25) is 5.91 Å². The van der Waals surface area contributed by atoms with Gasteiger partial charge in [-0.1, -0.05) is 6.92 Å². The van der Waals surface area contributed by atoms with E-state index in [0.717, 1.165) is 19.6 Å². The number of likely N-dealkylation sites (N-methyl/N-ethyl adjacent to an activating group) is 2. The van der Waals surface area contributed by atoms with Gasteiger partial charge in [-0.15, -0.1) is 0 Å². The molecule has 0 saturated heterocycles. The second-order valence-corrected chi connectivity index (χ2v) is 3.86. The van der Waals surface area contributed by atoms with Gasteiger partial charge in [-0.3, -0.25) is 9.69 Å². The fourth-order valence-electron chi connectivity index (χ4n) is 1.79. The molecule has 0 atom stereocenters. The fraction of sp³-hybridized carbons (Fsp3) is 0.909. The Hall–Kier alpha value is -0.570. The van der Waals surface area contributed by atoms with Crippen molar-refractivity contribution in [1.29, 1.82) is 0 Å². The predicted octanol–water partition coefficient (Wildman–Crippen LogP) is 1.34. The Bertz CT molecular complexity index is 186. The monoisotopic (exact) mass is 198 g/mol. The van der Waals surface area contributed by atoms with Crippen molar-refractivity contribution in [1.82, 2.24) is 9.80 Å². The van der Waals surface area contributed by atoms with E-state index in [4.69, 9.17) is 0 Å². The van der Waals surface area contributed by atoms with Crippen molar-refractivity contribution in [2.24, 2.45) is 0 Å². The van der Waals surface area contributed by atoms with E-state index in [1.807, 2.05) is 18.7 Å². The molecule has 14 heavy (non-hydrogen) atoms. The quantitative estimate of drug-likeness (QED) is 0.643. The Labute approximate surface area is 87.1 Å².